The molecule has 1 aliphatic rings. The van der Waals surface area contributed by atoms with Crippen LogP contribution in [-0.4, -0.2) is 35.5 Å². The van der Waals surface area contributed by atoms with E-state index in [4.69, 9.17) is 0 Å². The first-order valence-corrected chi connectivity index (χ1v) is 7.30. The quantitative estimate of drug-likeness (QED) is 0.885. The Hall–Kier alpha value is -1.55. The van der Waals surface area contributed by atoms with Gasteiger partial charge in [0.25, 0.3) is 0 Å². The summed E-state index contributed by atoms with van der Waals surface area (Å²) in [5.74, 6) is 1.02. The van der Waals surface area contributed by atoms with Crippen molar-refractivity contribution in [2.75, 3.05) is 19.6 Å². The summed E-state index contributed by atoms with van der Waals surface area (Å²) >= 11 is 0. The molecule has 4 heteroatoms. The number of nitrogens with zero attached hydrogens (tertiary/aromatic N) is 1. The van der Waals surface area contributed by atoms with Gasteiger partial charge in [-0.15, -0.1) is 0 Å². The highest BCUT2D eigenvalue weighted by molar-refractivity contribution is 5.72. The molecular formula is C16H24N2O2. The largest absolute Gasteiger partial charge is 0.508 e. The molecule has 2 N–H and O–H groups in total. The van der Waals surface area contributed by atoms with Crippen LogP contribution in [0.3, 0.4) is 0 Å². The number of likely N-dealkylation sites (tertiary alicyclic amines) is 1. The van der Waals surface area contributed by atoms with E-state index in [-0.39, 0.29) is 5.91 Å². The van der Waals surface area contributed by atoms with Gasteiger partial charge in [-0.1, -0.05) is 17.7 Å². The van der Waals surface area contributed by atoms with Gasteiger partial charge in [-0.05, 0) is 44.8 Å². The van der Waals surface area contributed by atoms with Crippen LogP contribution < -0.4 is 5.32 Å². The molecule has 0 aliphatic carbocycles. The molecule has 0 bridgehead atoms. The first-order valence-electron chi connectivity index (χ1n) is 7.30. The van der Waals surface area contributed by atoms with E-state index in [2.05, 4.69) is 16.3 Å². The van der Waals surface area contributed by atoms with Gasteiger partial charge >= 0.3 is 0 Å². The molecule has 1 aromatic rings. The van der Waals surface area contributed by atoms with Crippen LogP contribution in [0.15, 0.2) is 18.2 Å². The molecule has 4 nitrogen and oxygen atoms in total. The van der Waals surface area contributed by atoms with E-state index >= 15 is 0 Å². The molecule has 0 radical (unpaired) electrons. The Labute approximate surface area is 120 Å². The molecule has 1 heterocycles. The Morgan fingerprint density at radius 1 is 1.40 bits per heavy atom. The fourth-order valence-corrected chi connectivity index (χ4v) is 2.72. The number of benzene rings is 1. The molecule has 1 aromatic carbocycles. The van der Waals surface area contributed by atoms with Gasteiger partial charge in [-0.2, -0.15) is 0 Å². The van der Waals surface area contributed by atoms with Gasteiger partial charge in [-0.3, -0.25) is 9.69 Å². The lowest BCUT2D eigenvalue weighted by Gasteiger charge is -2.32. The summed E-state index contributed by atoms with van der Waals surface area (Å²) in [6, 6.07) is 5.76. The Kier molecular flexibility index (Phi) is 5.01. The molecule has 110 valence electrons. The predicted molar refractivity (Wildman–Crippen MR) is 79.5 cm³/mol. The minimum atomic E-state index is 0.0529. The first kappa shape index (κ1) is 14.9. The molecule has 0 atom stereocenters. The monoisotopic (exact) mass is 276 g/mol. The van der Waals surface area contributed by atoms with Gasteiger partial charge in [-0.25, -0.2) is 0 Å². The topological polar surface area (TPSA) is 52.6 Å². The Morgan fingerprint density at radius 2 is 2.10 bits per heavy atom. The molecule has 0 saturated carbocycles. The summed E-state index contributed by atoms with van der Waals surface area (Å²) < 4.78 is 0. The molecular weight excluding hydrogens is 252 g/mol. The van der Waals surface area contributed by atoms with Gasteiger partial charge in [0.1, 0.15) is 5.75 Å². The number of amides is 1. The van der Waals surface area contributed by atoms with Gasteiger partial charge in [0.15, 0.2) is 0 Å². The van der Waals surface area contributed by atoms with Crippen LogP contribution in [0.2, 0.25) is 0 Å². The van der Waals surface area contributed by atoms with Crippen LogP contribution >= 0.6 is 0 Å². The zero-order valence-electron chi connectivity index (χ0n) is 12.4. The number of carbonyl (C=O) groups is 1. The van der Waals surface area contributed by atoms with Crippen molar-refractivity contribution in [3.63, 3.8) is 0 Å². The molecule has 1 saturated heterocycles. The second kappa shape index (κ2) is 6.75. The molecule has 0 aromatic heterocycles. The summed E-state index contributed by atoms with van der Waals surface area (Å²) in [7, 11) is 0. The molecule has 0 spiro atoms. The SMILES string of the molecule is CC(=O)NCC1CCN(Cc2cc(C)ccc2O)CC1. The highest BCUT2D eigenvalue weighted by Crippen LogP contribution is 2.23. The smallest absolute Gasteiger partial charge is 0.216 e. The maximum Gasteiger partial charge on any atom is 0.216 e. The van der Waals surface area contributed by atoms with Crippen molar-refractivity contribution in [1.82, 2.24) is 10.2 Å². The van der Waals surface area contributed by atoms with E-state index in [1.165, 1.54) is 5.56 Å². The highest BCUT2D eigenvalue weighted by Gasteiger charge is 2.20. The van der Waals surface area contributed by atoms with Crippen molar-refractivity contribution >= 4 is 5.91 Å². The van der Waals surface area contributed by atoms with Crippen LogP contribution in [0, 0.1) is 12.8 Å². The summed E-state index contributed by atoms with van der Waals surface area (Å²) in [5, 5.41) is 12.8. The van der Waals surface area contributed by atoms with E-state index in [1.54, 1.807) is 13.0 Å². The summed E-state index contributed by atoms with van der Waals surface area (Å²) in [4.78, 5) is 13.3. The summed E-state index contributed by atoms with van der Waals surface area (Å²) in [5.41, 5.74) is 2.18. The second-order valence-corrected chi connectivity index (χ2v) is 5.79. The third-order valence-corrected chi connectivity index (χ3v) is 3.98. The normalized spacial score (nSPS) is 17.1. The summed E-state index contributed by atoms with van der Waals surface area (Å²) in [6.45, 7) is 7.26. The first-order chi connectivity index (χ1) is 9.54. The summed E-state index contributed by atoms with van der Waals surface area (Å²) in [6.07, 6.45) is 2.21. The number of hydrogen-bond donors (Lipinski definition) is 2. The van der Waals surface area contributed by atoms with Crippen LogP contribution in [0.25, 0.3) is 0 Å². The van der Waals surface area contributed by atoms with E-state index in [0.717, 1.165) is 44.6 Å². The number of phenols is 1. The van der Waals surface area contributed by atoms with Gasteiger partial charge in [0.2, 0.25) is 5.91 Å². The standard InChI is InChI=1S/C16H24N2O2/c1-12-3-4-16(20)15(9-12)11-18-7-5-14(6-8-18)10-17-13(2)19/h3-4,9,14,20H,5-8,10-11H2,1-2H3,(H,17,19). The van der Waals surface area contributed by atoms with Crippen molar-refractivity contribution in [3.05, 3.63) is 29.3 Å². The lowest BCUT2D eigenvalue weighted by molar-refractivity contribution is -0.119. The van der Waals surface area contributed by atoms with Crippen molar-refractivity contribution < 1.29 is 9.90 Å². The Morgan fingerprint density at radius 3 is 2.75 bits per heavy atom. The lowest BCUT2D eigenvalue weighted by atomic mass is 9.96. The van der Waals surface area contributed by atoms with Gasteiger partial charge in [0.05, 0.1) is 0 Å². The van der Waals surface area contributed by atoms with Crippen molar-refractivity contribution in [1.29, 1.82) is 0 Å². The second-order valence-electron chi connectivity index (χ2n) is 5.79. The zero-order valence-corrected chi connectivity index (χ0v) is 12.4. The third-order valence-electron chi connectivity index (χ3n) is 3.98. The number of carbonyl (C=O) groups excluding carboxylic acids is 1. The van der Waals surface area contributed by atoms with Crippen molar-refractivity contribution in [3.8, 4) is 5.75 Å². The predicted octanol–water partition coefficient (Wildman–Crippen LogP) is 2.05. The van der Waals surface area contributed by atoms with E-state index < -0.39 is 0 Å². The molecule has 1 aliphatic heterocycles. The van der Waals surface area contributed by atoms with E-state index in [0.29, 0.717) is 11.7 Å². The lowest BCUT2D eigenvalue weighted by Crippen LogP contribution is -2.37. The Bertz CT molecular complexity index is 466. The Balaban J connectivity index is 1.82. The third kappa shape index (κ3) is 4.23. The average Bonchev–Trinajstić information content (AvgIpc) is 2.42. The van der Waals surface area contributed by atoms with Gasteiger partial charge < -0.3 is 10.4 Å². The van der Waals surface area contributed by atoms with Crippen LogP contribution in [0.4, 0.5) is 0 Å². The fourth-order valence-electron chi connectivity index (χ4n) is 2.72. The number of aromatic hydroxyl groups is 1. The van der Waals surface area contributed by atoms with Crippen LogP contribution in [-0.2, 0) is 11.3 Å². The number of phenolic OH excluding ortho intramolecular Hbond substituents is 1. The minimum Gasteiger partial charge on any atom is -0.508 e. The maximum absolute atomic E-state index is 10.9. The number of piperidine rings is 1. The van der Waals surface area contributed by atoms with Crippen molar-refractivity contribution in [2.24, 2.45) is 5.92 Å². The van der Waals surface area contributed by atoms with E-state index in [9.17, 15) is 9.90 Å². The molecule has 2 rings (SSSR count). The molecule has 0 unspecified atom stereocenters. The van der Waals surface area contributed by atoms with Gasteiger partial charge in [0, 0.05) is 25.6 Å². The highest BCUT2D eigenvalue weighted by atomic mass is 16.3. The fraction of sp³-hybridized carbons (Fsp3) is 0.562. The number of hydrogen-bond acceptors (Lipinski definition) is 3. The van der Waals surface area contributed by atoms with Crippen molar-refractivity contribution in [2.45, 2.75) is 33.2 Å². The molecule has 1 amide bonds. The number of aryl methyl sites for hydroxylation is 1. The molecule has 20 heavy (non-hydrogen) atoms. The zero-order chi connectivity index (χ0) is 14.5. The minimum absolute atomic E-state index is 0.0529. The number of rotatable bonds is 4. The molecule has 1 fully saturated rings. The maximum atomic E-state index is 10.9. The van der Waals surface area contributed by atoms with Crippen LogP contribution in [0.1, 0.15) is 30.9 Å². The van der Waals surface area contributed by atoms with Crippen LogP contribution in [0.5, 0.6) is 5.75 Å². The number of nitrogens with one attached hydrogen (secondary N) is 1. The average molecular weight is 276 g/mol. The van der Waals surface area contributed by atoms with E-state index in [1.807, 2.05) is 13.0 Å².